The lowest BCUT2D eigenvalue weighted by atomic mass is 10.0. The van der Waals surface area contributed by atoms with Crippen LogP contribution in [0.1, 0.15) is 51.5 Å². The number of carbonyl (C=O) groups is 1. The third-order valence-electron chi connectivity index (χ3n) is 4.33. The molecule has 1 saturated carbocycles. The molecule has 1 aliphatic heterocycles. The summed E-state index contributed by atoms with van der Waals surface area (Å²) in [6, 6.07) is 0.670. The highest BCUT2D eigenvalue weighted by Crippen LogP contribution is 2.36. The van der Waals surface area contributed by atoms with E-state index < -0.39 is 0 Å². The molecule has 1 saturated heterocycles. The second kappa shape index (κ2) is 6.25. The summed E-state index contributed by atoms with van der Waals surface area (Å²) in [6.45, 7) is 3.01. The van der Waals surface area contributed by atoms with Gasteiger partial charge in [0.1, 0.15) is 0 Å². The zero-order valence-electron chi connectivity index (χ0n) is 12.4. The van der Waals surface area contributed by atoms with Gasteiger partial charge in [0.25, 0.3) is 0 Å². The van der Waals surface area contributed by atoms with Crippen LogP contribution in [0.15, 0.2) is 9.95 Å². The van der Waals surface area contributed by atoms with Crippen LogP contribution in [0.25, 0.3) is 0 Å². The van der Waals surface area contributed by atoms with Crippen molar-refractivity contribution in [2.75, 3.05) is 12.3 Å². The standard InChI is InChI=1S/C14H22N4O2S/c1-2-10-5-3-4-8-17(10)12(19)9-21-14-16-15-13(20)18(14)11-6-7-11/h10-11H,2-9H2,1H3,(H,15,20)/t10-/m1/s1. The molecule has 1 N–H and O–H groups in total. The number of thioether (sulfide) groups is 1. The van der Waals surface area contributed by atoms with Crippen LogP contribution >= 0.6 is 11.8 Å². The van der Waals surface area contributed by atoms with E-state index in [9.17, 15) is 9.59 Å². The summed E-state index contributed by atoms with van der Waals surface area (Å²) in [6.07, 6.45) is 6.52. The molecule has 1 aromatic rings. The van der Waals surface area contributed by atoms with E-state index in [1.165, 1.54) is 18.2 Å². The molecular formula is C14H22N4O2S. The molecule has 7 heteroatoms. The van der Waals surface area contributed by atoms with E-state index in [1.54, 1.807) is 4.57 Å². The fourth-order valence-corrected chi connectivity index (χ4v) is 3.91. The predicted octanol–water partition coefficient (Wildman–Crippen LogP) is 1.79. The molecule has 2 heterocycles. The highest BCUT2D eigenvalue weighted by molar-refractivity contribution is 7.99. The molecule has 1 amide bonds. The van der Waals surface area contributed by atoms with Crippen LogP contribution in [0.2, 0.25) is 0 Å². The summed E-state index contributed by atoms with van der Waals surface area (Å²) in [5, 5.41) is 7.20. The van der Waals surface area contributed by atoms with Gasteiger partial charge < -0.3 is 4.90 Å². The van der Waals surface area contributed by atoms with Gasteiger partial charge in [-0.2, -0.15) is 0 Å². The lowest BCUT2D eigenvalue weighted by molar-refractivity contribution is -0.132. The van der Waals surface area contributed by atoms with Crippen LogP contribution in [0.3, 0.4) is 0 Å². The van der Waals surface area contributed by atoms with Crippen molar-refractivity contribution in [3.63, 3.8) is 0 Å². The maximum Gasteiger partial charge on any atom is 0.344 e. The monoisotopic (exact) mass is 310 g/mol. The Morgan fingerprint density at radius 1 is 1.38 bits per heavy atom. The van der Waals surface area contributed by atoms with Crippen molar-refractivity contribution in [1.29, 1.82) is 0 Å². The molecule has 2 aliphatic rings. The summed E-state index contributed by atoms with van der Waals surface area (Å²) in [7, 11) is 0. The summed E-state index contributed by atoms with van der Waals surface area (Å²) < 4.78 is 1.70. The second-order valence-electron chi connectivity index (χ2n) is 5.85. The van der Waals surface area contributed by atoms with E-state index in [-0.39, 0.29) is 17.6 Å². The van der Waals surface area contributed by atoms with Crippen LogP contribution in [-0.2, 0) is 4.79 Å². The Bertz CT molecular complexity index is 564. The van der Waals surface area contributed by atoms with Crippen molar-refractivity contribution < 1.29 is 4.79 Å². The minimum Gasteiger partial charge on any atom is -0.339 e. The Morgan fingerprint density at radius 2 is 2.19 bits per heavy atom. The fourth-order valence-electron chi connectivity index (χ4n) is 3.01. The smallest absolute Gasteiger partial charge is 0.339 e. The summed E-state index contributed by atoms with van der Waals surface area (Å²) in [5.41, 5.74) is -0.156. The van der Waals surface area contributed by atoms with Gasteiger partial charge in [0.05, 0.1) is 5.75 Å². The summed E-state index contributed by atoms with van der Waals surface area (Å²) in [4.78, 5) is 26.1. The number of carbonyl (C=O) groups excluding carboxylic acids is 1. The topological polar surface area (TPSA) is 71.0 Å². The largest absolute Gasteiger partial charge is 0.344 e. The fraction of sp³-hybridized carbons (Fsp3) is 0.786. The van der Waals surface area contributed by atoms with Crippen LogP contribution in [0, 0.1) is 0 Å². The first kappa shape index (κ1) is 14.7. The van der Waals surface area contributed by atoms with Crippen molar-refractivity contribution in [3.8, 4) is 0 Å². The Hall–Kier alpha value is -1.24. The number of rotatable bonds is 5. The number of piperidine rings is 1. The quantitative estimate of drug-likeness (QED) is 0.842. The third kappa shape index (κ3) is 3.17. The van der Waals surface area contributed by atoms with E-state index >= 15 is 0 Å². The highest BCUT2D eigenvalue weighted by Gasteiger charge is 2.30. The molecule has 1 aromatic heterocycles. The van der Waals surface area contributed by atoms with Gasteiger partial charge in [0, 0.05) is 18.6 Å². The molecule has 0 unspecified atom stereocenters. The van der Waals surface area contributed by atoms with Crippen molar-refractivity contribution in [1.82, 2.24) is 19.7 Å². The molecular weight excluding hydrogens is 288 g/mol. The number of aromatic amines is 1. The minimum absolute atomic E-state index is 0.156. The lowest BCUT2D eigenvalue weighted by Gasteiger charge is -2.35. The van der Waals surface area contributed by atoms with E-state index in [1.807, 2.05) is 4.90 Å². The number of H-pyrrole nitrogens is 1. The molecule has 1 aliphatic carbocycles. The van der Waals surface area contributed by atoms with E-state index in [0.717, 1.165) is 38.6 Å². The van der Waals surface area contributed by atoms with E-state index in [2.05, 4.69) is 17.1 Å². The number of amides is 1. The number of hydrogen-bond acceptors (Lipinski definition) is 4. The first-order valence-corrected chi connectivity index (χ1v) is 8.78. The van der Waals surface area contributed by atoms with Gasteiger partial charge in [0.2, 0.25) is 5.91 Å². The number of nitrogens with zero attached hydrogens (tertiary/aromatic N) is 3. The molecule has 0 spiro atoms. The van der Waals surface area contributed by atoms with Gasteiger partial charge in [-0.1, -0.05) is 18.7 Å². The van der Waals surface area contributed by atoms with Gasteiger partial charge in [-0.05, 0) is 38.5 Å². The molecule has 0 radical (unpaired) electrons. The Morgan fingerprint density at radius 3 is 2.90 bits per heavy atom. The van der Waals surface area contributed by atoms with Gasteiger partial charge in [-0.3, -0.25) is 9.36 Å². The molecule has 2 fully saturated rings. The number of hydrogen-bond donors (Lipinski definition) is 1. The Kier molecular flexibility index (Phi) is 4.37. The molecule has 0 bridgehead atoms. The van der Waals surface area contributed by atoms with Crippen LogP contribution < -0.4 is 5.69 Å². The number of aromatic nitrogens is 3. The van der Waals surface area contributed by atoms with Crippen molar-refractivity contribution in [2.45, 2.75) is 62.7 Å². The maximum atomic E-state index is 12.4. The van der Waals surface area contributed by atoms with Crippen molar-refractivity contribution in [3.05, 3.63) is 10.5 Å². The van der Waals surface area contributed by atoms with Crippen molar-refractivity contribution in [2.24, 2.45) is 0 Å². The van der Waals surface area contributed by atoms with Gasteiger partial charge >= 0.3 is 5.69 Å². The van der Waals surface area contributed by atoms with Crippen LogP contribution in [-0.4, -0.2) is 43.9 Å². The number of nitrogens with one attached hydrogen (secondary N) is 1. The van der Waals surface area contributed by atoms with E-state index in [0.29, 0.717) is 17.0 Å². The highest BCUT2D eigenvalue weighted by atomic mass is 32.2. The lowest BCUT2D eigenvalue weighted by Crippen LogP contribution is -2.44. The Balaban J connectivity index is 1.62. The first-order valence-electron chi connectivity index (χ1n) is 7.80. The third-order valence-corrected chi connectivity index (χ3v) is 5.27. The Labute approximate surface area is 128 Å². The van der Waals surface area contributed by atoms with Crippen LogP contribution in [0.4, 0.5) is 0 Å². The summed E-state index contributed by atoms with van der Waals surface area (Å²) in [5.74, 6) is 0.539. The molecule has 1 atom stereocenters. The zero-order chi connectivity index (χ0) is 14.8. The average molecular weight is 310 g/mol. The van der Waals surface area contributed by atoms with Crippen molar-refractivity contribution >= 4 is 17.7 Å². The number of likely N-dealkylation sites (tertiary alicyclic amines) is 1. The second-order valence-corrected chi connectivity index (χ2v) is 6.79. The molecule has 0 aromatic carbocycles. The molecule has 21 heavy (non-hydrogen) atoms. The molecule has 3 rings (SSSR count). The predicted molar refractivity (Wildman–Crippen MR) is 81.5 cm³/mol. The average Bonchev–Trinajstić information content (AvgIpc) is 3.28. The first-order chi connectivity index (χ1) is 10.2. The minimum atomic E-state index is -0.156. The van der Waals surface area contributed by atoms with E-state index in [4.69, 9.17) is 0 Å². The maximum absolute atomic E-state index is 12.4. The SMILES string of the molecule is CC[C@@H]1CCCCN1C(=O)CSc1n[nH]c(=O)n1C1CC1. The van der Waals surface area contributed by atoms with Gasteiger partial charge in [-0.15, -0.1) is 5.10 Å². The van der Waals surface area contributed by atoms with Gasteiger partial charge in [-0.25, -0.2) is 9.89 Å². The van der Waals surface area contributed by atoms with Crippen LogP contribution in [0.5, 0.6) is 0 Å². The zero-order valence-corrected chi connectivity index (χ0v) is 13.2. The van der Waals surface area contributed by atoms with Gasteiger partial charge in [0.15, 0.2) is 5.16 Å². The summed E-state index contributed by atoms with van der Waals surface area (Å²) >= 11 is 1.38. The molecule has 6 nitrogen and oxygen atoms in total. The normalized spacial score (nSPS) is 22.5. The molecule has 116 valence electrons.